The number of benzene rings is 1. The van der Waals surface area contributed by atoms with Crippen molar-refractivity contribution in [3.63, 3.8) is 0 Å². The molecule has 5 heteroatoms. The van der Waals surface area contributed by atoms with Crippen molar-refractivity contribution >= 4 is 11.8 Å². The molecule has 1 aromatic carbocycles. The molecule has 2 fully saturated rings. The normalized spacial score (nSPS) is 24.0. The van der Waals surface area contributed by atoms with Gasteiger partial charge >= 0.3 is 0 Å². The second kappa shape index (κ2) is 5.85. The molecular weight excluding hydrogens is 266 g/mol. The van der Waals surface area contributed by atoms with Crippen LogP contribution < -0.4 is 0 Å². The number of rotatable bonds is 2. The topological polar surface area (TPSA) is 43.9 Å². The first-order valence-electron chi connectivity index (χ1n) is 7.54. The number of fused-ring (bicyclic) bond motifs is 1. The van der Waals surface area contributed by atoms with Gasteiger partial charge in [0.25, 0.3) is 11.8 Å². The van der Waals surface area contributed by atoms with E-state index in [0.29, 0.717) is 26.2 Å². The first-order chi connectivity index (χ1) is 10.1. The third-order valence-electron chi connectivity index (χ3n) is 4.18. The first kappa shape index (κ1) is 14.1. The van der Waals surface area contributed by atoms with E-state index in [4.69, 9.17) is 0 Å². The first-order valence-corrected chi connectivity index (χ1v) is 7.54. The third kappa shape index (κ3) is 2.93. The molecule has 1 unspecified atom stereocenters. The summed E-state index contributed by atoms with van der Waals surface area (Å²) in [6.07, 6.45) is 1.93. The Morgan fingerprint density at radius 3 is 2.57 bits per heavy atom. The maximum Gasteiger partial charge on any atom is 0.255 e. The van der Waals surface area contributed by atoms with E-state index in [-0.39, 0.29) is 17.9 Å². The summed E-state index contributed by atoms with van der Waals surface area (Å²) in [5.41, 5.74) is 1.13. The second-order valence-corrected chi connectivity index (χ2v) is 5.88. The minimum Gasteiger partial charge on any atom is -0.281 e. The van der Waals surface area contributed by atoms with E-state index >= 15 is 0 Å². The predicted molar refractivity (Wildman–Crippen MR) is 79.0 cm³/mol. The van der Waals surface area contributed by atoms with Gasteiger partial charge in [0, 0.05) is 13.1 Å². The van der Waals surface area contributed by atoms with Crippen LogP contribution in [-0.2, 0) is 16.1 Å². The summed E-state index contributed by atoms with van der Waals surface area (Å²) in [4.78, 5) is 26.9. The van der Waals surface area contributed by atoms with E-state index in [1.54, 1.807) is 10.0 Å². The molecule has 2 amide bonds. The zero-order valence-electron chi connectivity index (χ0n) is 12.4. The summed E-state index contributed by atoms with van der Waals surface area (Å²) in [7, 11) is 0. The highest BCUT2D eigenvalue weighted by molar-refractivity contribution is 5.87. The molecule has 0 bridgehead atoms. The molecule has 0 aromatic heterocycles. The molecule has 3 rings (SSSR count). The summed E-state index contributed by atoms with van der Waals surface area (Å²) in [6, 6.07) is 10.1. The minimum absolute atomic E-state index is 0.0309. The van der Waals surface area contributed by atoms with Crippen LogP contribution in [0.3, 0.4) is 0 Å². The molecule has 1 aromatic rings. The summed E-state index contributed by atoms with van der Waals surface area (Å²) in [5, 5.41) is 3.33. The average Bonchev–Trinajstić information content (AvgIpc) is 2.58. The van der Waals surface area contributed by atoms with Crippen molar-refractivity contribution in [2.75, 3.05) is 19.6 Å². The average molecular weight is 287 g/mol. The van der Waals surface area contributed by atoms with Crippen molar-refractivity contribution < 1.29 is 9.59 Å². The van der Waals surface area contributed by atoms with Gasteiger partial charge in [0.05, 0.1) is 19.1 Å². The molecule has 21 heavy (non-hydrogen) atoms. The molecule has 112 valence electrons. The summed E-state index contributed by atoms with van der Waals surface area (Å²) in [6.45, 7) is 3.93. The fourth-order valence-corrected chi connectivity index (χ4v) is 3.18. The lowest BCUT2D eigenvalue weighted by atomic mass is 10.1. The van der Waals surface area contributed by atoms with Gasteiger partial charge in [-0.2, -0.15) is 0 Å². The van der Waals surface area contributed by atoms with Gasteiger partial charge in [-0.3, -0.25) is 19.5 Å². The zero-order valence-corrected chi connectivity index (χ0v) is 12.4. The van der Waals surface area contributed by atoms with Crippen LogP contribution in [0.15, 0.2) is 30.3 Å². The van der Waals surface area contributed by atoms with Crippen LogP contribution in [0.2, 0.25) is 0 Å². The van der Waals surface area contributed by atoms with Gasteiger partial charge in [0.1, 0.15) is 0 Å². The lowest BCUT2D eigenvalue weighted by Crippen LogP contribution is -2.56. The lowest BCUT2D eigenvalue weighted by molar-refractivity contribution is -0.169. The highest BCUT2D eigenvalue weighted by Gasteiger charge is 2.37. The molecule has 1 atom stereocenters. The van der Waals surface area contributed by atoms with E-state index in [0.717, 1.165) is 18.4 Å². The number of carbonyl (C=O) groups excluding carboxylic acids is 2. The van der Waals surface area contributed by atoms with Crippen LogP contribution in [0.1, 0.15) is 25.3 Å². The number of amides is 2. The van der Waals surface area contributed by atoms with E-state index in [1.807, 2.05) is 42.2 Å². The van der Waals surface area contributed by atoms with Gasteiger partial charge in [-0.15, -0.1) is 0 Å². The standard InChI is InChI=1S/C16H21N3O2/c1-13-6-5-9-18-15(20)11-17(12-16(21)19(13)18)10-14-7-3-2-4-8-14/h2-4,7-8,13H,5-6,9-12H2,1H3. The molecule has 0 spiro atoms. The van der Waals surface area contributed by atoms with Gasteiger partial charge < -0.3 is 0 Å². The van der Waals surface area contributed by atoms with Crippen LogP contribution in [0.5, 0.6) is 0 Å². The molecule has 0 radical (unpaired) electrons. The van der Waals surface area contributed by atoms with Gasteiger partial charge in [0.15, 0.2) is 0 Å². The maximum atomic E-state index is 12.5. The Labute approximate surface area is 125 Å². The molecule has 2 heterocycles. The van der Waals surface area contributed by atoms with Crippen molar-refractivity contribution in [1.82, 2.24) is 14.9 Å². The number of nitrogens with zero attached hydrogens (tertiary/aromatic N) is 3. The molecule has 2 aliphatic rings. The highest BCUT2D eigenvalue weighted by atomic mass is 16.2. The van der Waals surface area contributed by atoms with Gasteiger partial charge in [-0.25, -0.2) is 5.01 Å². The molecule has 0 saturated carbocycles. The van der Waals surface area contributed by atoms with Crippen molar-refractivity contribution in [1.29, 1.82) is 0 Å². The van der Waals surface area contributed by atoms with Crippen LogP contribution in [0.25, 0.3) is 0 Å². The van der Waals surface area contributed by atoms with Crippen molar-refractivity contribution in [3.05, 3.63) is 35.9 Å². The minimum atomic E-state index is 0.0309. The lowest BCUT2D eigenvalue weighted by Gasteiger charge is -2.41. The Hall–Kier alpha value is -1.88. The molecule has 0 aliphatic carbocycles. The van der Waals surface area contributed by atoms with E-state index < -0.39 is 0 Å². The molecule has 2 saturated heterocycles. The zero-order chi connectivity index (χ0) is 14.8. The van der Waals surface area contributed by atoms with Crippen molar-refractivity contribution in [2.24, 2.45) is 0 Å². The van der Waals surface area contributed by atoms with Crippen LogP contribution in [-0.4, -0.2) is 52.4 Å². The van der Waals surface area contributed by atoms with Gasteiger partial charge in [0.2, 0.25) is 0 Å². The number of hydrogen-bond donors (Lipinski definition) is 0. The summed E-state index contributed by atoms with van der Waals surface area (Å²) in [5.74, 6) is 0.0623. The predicted octanol–water partition coefficient (Wildman–Crippen LogP) is 1.26. The third-order valence-corrected chi connectivity index (χ3v) is 4.18. The van der Waals surface area contributed by atoms with Crippen LogP contribution in [0, 0.1) is 0 Å². The summed E-state index contributed by atoms with van der Waals surface area (Å²) >= 11 is 0. The Morgan fingerprint density at radius 2 is 1.81 bits per heavy atom. The Kier molecular flexibility index (Phi) is 3.92. The fraction of sp³-hybridized carbons (Fsp3) is 0.500. The Bertz CT molecular complexity index is 532. The Morgan fingerprint density at radius 1 is 1.10 bits per heavy atom. The number of hydrogen-bond acceptors (Lipinski definition) is 3. The van der Waals surface area contributed by atoms with E-state index in [1.165, 1.54) is 0 Å². The van der Waals surface area contributed by atoms with Gasteiger partial charge in [-0.05, 0) is 25.3 Å². The fourth-order valence-electron chi connectivity index (χ4n) is 3.18. The SMILES string of the molecule is CC1CCCN2C(=O)CN(Cc3ccccc3)CC(=O)N12. The summed E-state index contributed by atoms with van der Waals surface area (Å²) < 4.78 is 0. The van der Waals surface area contributed by atoms with Crippen molar-refractivity contribution in [3.8, 4) is 0 Å². The Balaban J connectivity index is 1.77. The molecular formula is C16H21N3O2. The second-order valence-electron chi connectivity index (χ2n) is 5.88. The maximum absolute atomic E-state index is 12.5. The molecule has 5 nitrogen and oxygen atoms in total. The molecule has 0 N–H and O–H groups in total. The van der Waals surface area contributed by atoms with Gasteiger partial charge in [-0.1, -0.05) is 30.3 Å². The smallest absolute Gasteiger partial charge is 0.255 e. The van der Waals surface area contributed by atoms with Crippen LogP contribution >= 0.6 is 0 Å². The van der Waals surface area contributed by atoms with Crippen molar-refractivity contribution in [2.45, 2.75) is 32.4 Å². The number of carbonyl (C=O) groups is 2. The highest BCUT2D eigenvalue weighted by Crippen LogP contribution is 2.21. The number of hydrazine groups is 1. The van der Waals surface area contributed by atoms with Crippen LogP contribution in [0.4, 0.5) is 0 Å². The quantitative estimate of drug-likeness (QED) is 0.822. The molecule has 2 aliphatic heterocycles. The van der Waals surface area contributed by atoms with E-state index in [2.05, 4.69) is 0 Å². The van der Waals surface area contributed by atoms with E-state index in [9.17, 15) is 9.59 Å². The largest absolute Gasteiger partial charge is 0.281 e. The monoisotopic (exact) mass is 287 g/mol.